The predicted molar refractivity (Wildman–Crippen MR) is 77.7 cm³/mol. The number of rotatable bonds is 4. The lowest BCUT2D eigenvalue weighted by atomic mass is 10.1. The van der Waals surface area contributed by atoms with Crippen molar-refractivity contribution in [3.63, 3.8) is 0 Å². The molecule has 1 aliphatic carbocycles. The topological polar surface area (TPSA) is 53.1 Å². The molecule has 0 spiro atoms. The largest absolute Gasteiger partial charge is 0.367 e. The second-order valence-electron chi connectivity index (χ2n) is 5.63. The van der Waals surface area contributed by atoms with E-state index in [1.54, 1.807) is 0 Å². The quantitative estimate of drug-likeness (QED) is 0.861. The molecule has 5 nitrogen and oxygen atoms in total. The van der Waals surface area contributed by atoms with Crippen LogP contribution in [-0.4, -0.2) is 42.2 Å². The number of hydrogen-bond acceptors (Lipinski definition) is 5. The zero-order valence-corrected chi connectivity index (χ0v) is 11.8. The molecule has 1 saturated carbocycles. The first-order chi connectivity index (χ1) is 9.24. The Morgan fingerprint density at radius 1 is 1.11 bits per heavy atom. The molecular weight excluding hydrogens is 238 g/mol. The summed E-state index contributed by atoms with van der Waals surface area (Å²) in [6, 6.07) is 3.39. The fraction of sp³-hybridized carbons (Fsp3) is 0.714. The summed E-state index contributed by atoms with van der Waals surface area (Å²) in [6.45, 7) is 4.12. The van der Waals surface area contributed by atoms with Gasteiger partial charge in [0.1, 0.15) is 17.5 Å². The van der Waals surface area contributed by atoms with E-state index >= 15 is 0 Å². The van der Waals surface area contributed by atoms with Crippen molar-refractivity contribution in [1.29, 1.82) is 0 Å². The third-order valence-corrected chi connectivity index (χ3v) is 3.98. The molecule has 2 fully saturated rings. The molecule has 1 aromatic heterocycles. The van der Waals surface area contributed by atoms with Gasteiger partial charge in [0.05, 0.1) is 0 Å². The average molecular weight is 261 g/mol. The highest BCUT2D eigenvalue weighted by atomic mass is 15.2. The van der Waals surface area contributed by atoms with Crippen LogP contribution in [0.15, 0.2) is 6.07 Å². The first-order valence-corrected chi connectivity index (χ1v) is 7.29. The molecular formula is C14H23N5. The second kappa shape index (κ2) is 5.33. The first kappa shape index (κ1) is 12.7. The third kappa shape index (κ3) is 3.15. The Morgan fingerprint density at radius 3 is 2.47 bits per heavy atom. The highest BCUT2D eigenvalue weighted by Gasteiger charge is 2.23. The molecule has 0 unspecified atom stereocenters. The van der Waals surface area contributed by atoms with Gasteiger partial charge in [0.25, 0.3) is 0 Å². The number of hydrogen-bond donors (Lipinski definition) is 2. The smallest absolute Gasteiger partial charge is 0.134 e. The van der Waals surface area contributed by atoms with Crippen molar-refractivity contribution in [2.24, 2.45) is 0 Å². The van der Waals surface area contributed by atoms with E-state index in [1.165, 1.54) is 25.7 Å². The number of aromatic nitrogens is 2. The van der Waals surface area contributed by atoms with Crippen molar-refractivity contribution in [3.05, 3.63) is 11.9 Å². The van der Waals surface area contributed by atoms with Gasteiger partial charge in [-0.05, 0) is 39.7 Å². The maximum absolute atomic E-state index is 4.59. The lowest BCUT2D eigenvalue weighted by Gasteiger charge is -2.32. The summed E-state index contributed by atoms with van der Waals surface area (Å²) in [5.41, 5.74) is 0. The van der Waals surface area contributed by atoms with Gasteiger partial charge in [0.2, 0.25) is 0 Å². The maximum atomic E-state index is 4.59. The fourth-order valence-electron chi connectivity index (χ4n) is 2.62. The fourth-order valence-corrected chi connectivity index (χ4v) is 2.62. The molecule has 2 N–H and O–H groups in total. The Bertz CT molecular complexity index is 435. The molecule has 0 amide bonds. The molecule has 104 valence electrons. The number of nitrogens with zero attached hydrogens (tertiary/aromatic N) is 3. The van der Waals surface area contributed by atoms with Crippen LogP contribution in [0.3, 0.4) is 0 Å². The first-order valence-electron chi connectivity index (χ1n) is 7.29. The average Bonchev–Trinajstić information content (AvgIpc) is 3.22. The van der Waals surface area contributed by atoms with Gasteiger partial charge in [-0.1, -0.05) is 0 Å². The van der Waals surface area contributed by atoms with E-state index in [0.717, 1.165) is 30.5 Å². The van der Waals surface area contributed by atoms with E-state index in [9.17, 15) is 0 Å². The lowest BCUT2D eigenvalue weighted by Crippen LogP contribution is -2.41. The van der Waals surface area contributed by atoms with Gasteiger partial charge in [-0.3, -0.25) is 0 Å². The molecule has 1 aliphatic heterocycles. The van der Waals surface area contributed by atoms with E-state index in [-0.39, 0.29) is 0 Å². The summed E-state index contributed by atoms with van der Waals surface area (Å²) in [7, 11) is 2.05. The molecule has 19 heavy (non-hydrogen) atoms. The molecule has 1 saturated heterocycles. The van der Waals surface area contributed by atoms with E-state index in [0.29, 0.717) is 12.1 Å². The lowest BCUT2D eigenvalue weighted by molar-refractivity contribution is 0.440. The van der Waals surface area contributed by atoms with E-state index < -0.39 is 0 Å². The van der Waals surface area contributed by atoms with Crippen molar-refractivity contribution < 1.29 is 0 Å². The van der Waals surface area contributed by atoms with Crippen LogP contribution in [0.4, 0.5) is 11.6 Å². The van der Waals surface area contributed by atoms with Crippen molar-refractivity contribution in [2.45, 2.75) is 44.7 Å². The minimum absolute atomic E-state index is 0.636. The van der Waals surface area contributed by atoms with Crippen LogP contribution in [-0.2, 0) is 0 Å². The predicted octanol–water partition coefficient (Wildman–Crippen LogP) is 1.55. The molecule has 0 aromatic carbocycles. The van der Waals surface area contributed by atoms with Crippen LogP contribution in [0.2, 0.25) is 0 Å². The summed E-state index contributed by atoms with van der Waals surface area (Å²) < 4.78 is 0. The number of piperidine rings is 1. The van der Waals surface area contributed by atoms with Crippen molar-refractivity contribution >= 4 is 11.6 Å². The van der Waals surface area contributed by atoms with Gasteiger partial charge in [-0.2, -0.15) is 0 Å². The summed E-state index contributed by atoms with van der Waals surface area (Å²) in [5.74, 6) is 2.92. The minimum Gasteiger partial charge on any atom is -0.367 e. The van der Waals surface area contributed by atoms with E-state index in [2.05, 4.69) is 31.6 Å². The molecule has 2 heterocycles. The van der Waals surface area contributed by atoms with E-state index in [4.69, 9.17) is 0 Å². The second-order valence-corrected chi connectivity index (χ2v) is 5.63. The number of anilines is 2. The third-order valence-electron chi connectivity index (χ3n) is 3.98. The van der Waals surface area contributed by atoms with Crippen LogP contribution in [0, 0.1) is 6.92 Å². The molecule has 2 aliphatic rings. The molecule has 0 atom stereocenters. The monoisotopic (exact) mass is 261 g/mol. The van der Waals surface area contributed by atoms with Gasteiger partial charge in [0.15, 0.2) is 0 Å². The van der Waals surface area contributed by atoms with Crippen LogP contribution in [0.5, 0.6) is 0 Å². The number of aryl methyl sites for hydroxylation is 1. The molecule has 3 rings (SSSR count). The van der Waals surface area contributed by atoms with Crippen LogP contribution in [0.1, 0.15) is 31.5 Å². The van der Waals surface area contributed by atoms with Crippen molar-refractivity contribution in [1.82, 2.24) is 15.3 Å². The highest BCUT2D eigenvalue weighted by Crippen LogP contribution is 2.26. The van der Waals surface area contributed by atoms with E-state index in [1.807, 2.05) is 14.0 Å². The normalized spacial score (nSPS) is 20.6. The summed E-state index contributed by atoms with van der Waals surface area (Å²) in [6.07, 6.45) is 4.91. The Kier molecular flexibility index (Phi) is 3.55. The molecule has 1 aromatic rings. The van der Waals surface area contributed by atoms with Crippen LogP contribution >= 0.6 is 0 Å². The number of nitrogens with one attached hydrogen (secondary N) is 2. The van der Waals surface area contributed by atoms with Gasteiger partial charge in [-0.25, -0.2) is 9.97 Å². The molecule has 5 heteroatoms. The maximum Gasteiger partial charge on any atom is 0.134 e. The van der Waals surface area contributed by atoms with Crippen LogP contribution in [0.25, 0.3) is 0 Å². The van der Waals surface area contributed by atoms with Crippen molar-refractivity contribution in [3.8, 4) is 0 Å². The zero-order valence-electron chi connectivity index (χ0n) is 11.8. The Labute approximate surface area is 114 Å². The van der Waals surface area contributed by atoms with Crippen LogP contribution < -0.4 is 15.5 Å². The summed E-state index contributed by atoms with van der Waals surface area (Å²) >= 11 is 0. The van der Waals surface area contributed by atoms with Crippen molar-refractivity contribution in [2.75, 3.05) is 30.4 Å². The Balaban J connectivity index is 1.70. The van der Waals surface area contributed by atoms with Gasteiger partial charge in [0, 0.05) is 31.2 Å². The van der Waals surface area contributed by atoms with Gasteiger partial charge < -0.3 is 15.5 Å². The molecule has 0 radical (unpaired) electrons. The van der Waals surface area contributed by atoms with Gasteiger partial charge in [-0.15, -0.1) is 0 Å². The molecule has 0 bridgehead atoms. The SMILES string of the molecule is CNC1CCN(c2cc(NC3CC3)nc(C)n2)CC1. The summed E-state index contributed by atoms with van der Waals surface area (Å²) in [4.78, 5) is 11.4. The zero-order chi connectivity index (χ0) is 13.2. The van der Waals surface area contributed by atoms with Gasteiger partial charge >= 0.3 is 0 Å². The standard InChI is InChI=1S/C14H23N5/c1-10-16-13(18-12-3-4-12)9-14(17-10)19-7-5-11(15-2)6-8-19/h9,11-12,15H,3-8H2,1-2H3,(H,16,17,18). The minimum atomic E-state index is 0.636. The Hall–Kier alpha value is -1.36. The summed E-state index contributed by atoms with van der Waals surface area (Å²) in [5, 5.41) is 6.83. The Morgan fingerprint density at radius 2 is 1.84 bits per heavy atom. The highest BCUT2D eigenvalue weighted by molar-refractivity contribution is 5.50.